The van der Waals surface area contributed by atoms with E-state index in [1.807, 2.05) is 78.9 Å². The van der Waals surface area contributed by atoms with Crippen molar-refractivity contribution in [3.63, 3.8) is 0 Å². The monoisotopic (exact) mass is 453 g/mol. The number of hydrazone groups is 1. The van der Waals surface area contributed by atoms with Crippen LogP contribution in [0.3, 0.4) is 0 Å². The number of benzene rings is 3. The van der Waals surface area contributed by atoms with Crippen LogP contribution in [0, 0.1) is 0 Å². The van der Waals surface area contributed by atoms with Crippen molar-refractivity contribution in [1.29, 1.82) is 0 Å². The summed E-state index contributed by atoms with van der Waals surface area (Å²) in [6.45, 7) is 0. The summed E-state index contributed by atoms with van der Waals surface area (Å²) in [5.41, 5.74) is 7.58. The Morgan fingerprint density at radius 1 is 0.833 bits per heavy atom. The van der Waals surface area contributed by atoms with Crippen LogP contribution in [0.25, 0.3) is 33.1 Å². The van der Waals surface area contributed by atoms with E-state index in [0.717, 1.165) is 43.1 Å². The summed E-state index contributed by atoms with van der Waals surface area (Å²) < 4.78 is 0.986. The maximum Gasteiger partial charge on any atom is 0.244 e. The predicted octanol–water partition coefficient (Wildman–Crippen LogP) is 6.05. The van der Waals surface area contributed by atoms with Gasteiger partial charge in [0.2, 0.25) is 5.95 Å². The van der Waals surface area contributed by atoms with Gasteiger partial charge in [-0.05, 0) is 35.9 Å². The number of anilines is 1. The Hall–Kier alpha value is -3.64. The van der Waals surface area contributed by atoms with Crippen LogP contribution in [-0.2, 0) is 0 Å². The molecule has 0 amide bonds. The zero-order valence-electron chi connectivity index (χ0n) is 15.8. The fraction of sp³-hybridized carbons (Fsp3) is 0. The first kappa shape index (κ1) is 18.4. The topological polar surface area (TPSA) is 63.1 Å². The molecule has 0 unspecified atom stereocenters. The highest BCUT2D eigenvalue weighted by Crippen LogP contribution is 2.29. The van der Waals surface area contributed by atoms with Gasteiger partial charge in [0, 0.05) is 27.0 Å². The predicted molar refractivity (Wildman–Crippen MR) is 126 cm³/mol. The number of fused-ring (bicyclic) bond motifs is 2. The fourth-order valence-corrected chi connectivity index (χ4v) is 3.66. The molecule has 144 valence electrons. The fourth-order valence-electron chi connectivity index (χ4n) is 3.30. The first-order valence-electron chi connectivity index (χ1n) is 9.43. The molecule has 2 aromatic heterocycles. The van der Waals surface area contributed by atoms with Gasteiger partial charge in [0.15, 0.2) is 0 Å². The van der Waals surface area contributed by atoms with Crippen LogP contribution >= 0.6 is 15.9 Å². The quantitative estimate of drug-likeness (QED) is 0.265. The van der Waals surface area contributed by atoms with Crippen molar-refractivity contribution in [3.05, 3.63) is 95.1 Å². The summed E-state index contributed by atoms with van der Waals surface area (Å²) in [4.78, 5) is 13.7. The van der Waals surface area contributed by atoms with Gasteiger partial charge in [0.25, 0.3) is 0 Å². The molecule has 3 aromatic carbocycles. The van der Waals surface area contributed by atoms with E-state index in [2.05, 4.69) is 36.4 Å². The maximum atomic E-state index is 4.72. The van der Waals surface area contributed by atoms with Crippen molar-refractivity contribution < 1.29 is 0 Å². The van der Waals surface area contributed by atoms with Crippen LogP contribution in [0.1, 0.15) is 5.56 Å². The molecule has 0 saturated carbocycles. The van der Waals surface area contributed by atoms with Crippen molar-refractivity contribution >= 4 is 49.9 Å². The molecule has 2 heterocycles. The van der Waals surface area contributed by atoms with Gasteiger partial charge in [0.05, 0.1) is 22.9 Å². The average Bonchev–Trinajstić information content (AvgIpc) is 2.79. The van der Waals surface area contributed by atoms with Crippen LogP contribution in [-0.4, -0.2) is 21.2 Å². The van der Waals surface area contributed by atoms with Gasteiger partial charge >= 0.3 is 0 Å². The minimum absolute atomic E-state index is 0.443. The summed E-state index contributed by atoms with van der Waals surface area (Å²) >= 11 is 3.54. The third-order valence-corrected chi connectivity index (χ3v) is 5.21. The maximum absolute atomic E-state index is 4.72. The van der Waals surface area contributed by atoms with Crippen LogP contribution in [0.5, 0.6) is 0 Å². The van der Waals surface area contributed by atoms with E-state index in [1.54, 1.807) is 12.4 Å². The lowest BCUT2D eigenvalue weighted by atomic mass is 10.1. The number of nitrogens with one attached hydrogen (secondary N) is 1. The second-order valence-corrected chi connectivity index (χ2v) is 7.66. The third kappa shape index (κ3) is 3.77. The first-order valence-corrected chi connectivity index (χ1v) is 10.2. The summed E-state index contributed by atoms with van der Waals surface area (Å²) in [6, 6.07) is 26.0. The van der Waals surface area contributed by atoms with Gasteiger partial charge < -0.3 is 0 Å². The molecule has 5 rings (SSSR count). The standard InChI is InChI=1S/C24H16BrN5/c25-19-10-11-21-20(14-19)23(18-5-2-1-3-6-18)29-24(28-21)30-27-15-16-8-9-17-7-4-12-26-22(17)13-16/h1-15H,(H,28,29,30). The average molecular weight is 454 g/mol. The van der Waals surface area contributed by atoms with Crippen molar-refractivity contribution in [1.82, 2.24) is 15.0 Å². The van der Waals surface area contributed by atoms with Gasteiger partial charge in [-0.15, -0.1) is 0 Å². The van der Waals surface area contributed by atoms with Gasteiger partial charge in [-0.3, -0.25) is 4.98 Å². The van der Waals surface area contributed by atoms with Gasteiger partial charge in [0.1, 0.15) is 0 Å². The Bertz CT molecular complexity index is 1380. The molecular weight excluding hydrogens is 438 g/mol. The Morgan fingerprint density at radius 2 is 1.73 bits per heavy atom. The van der Waals surface area contributed by atoms with E-state index < -0.39 is 0 Å². The summed E-state index contributed by atoms with van der Waals surface area (Å²) in [5, 5.41) is 6.41. The van der Waals surface area contributed by atoms with E-state index in [4.69, 9.17) is 4.98 Å². The minimum Gasteiger partial charge on any atom is -0.256 e. The Balaban J connectivity index is 1.49. The highest BCUT2D eigenvalue weighted by atomic mass is 79.9. The summed E-state index contributed by atoms with van der Waals surface area (Å²) in [7, 11) is 0. The largest absolute Gasteiger partial charge is 0.256 e. The molecule has 0 radical (unpaired) electrons. The molecular formula is C24H16BrN5. The molecule has 5 aromatic rings. The Labute approximate surface area is 181 Å². The van der Waals surface area contributed by atoms with Crippen molar-refractivity contribution in [2.75, 3.05) is 5.43 Å². The molecule has 5 nitrogen and oxygen atoms in total. The zero-order chi connectivity index (χ0) is 20.3. The molecule has 0 bridgehead atoms. The number of pyridine rings is 1. The molecule has 0 atom stereocenters. The molecule has 0 aliphatic carbocycles. The number of halogens is 1. The van der Waals surface area contributed by atoms with E-state index in [-0.39, 0.29) is 0 Å². The SMILES string of the molecule is Brc1ccc2nc(NN=Cc3ccc4cccnc4c3)nc(-c3ccccc3)c2c1. The first-order chi connectivity index (χ1) is 14.8. The Morgan fingerprint density at radius 3 is 2.63 bits per heavy atom. The van der Waals surface area contributed by atoms with Crippen LogP contribution in [0.4, 0.5) is 5.95 Å². The molecule has 0 saturated heterocycles. The third-order valence-electron chi connectivity index (χ3n) is 4.71. The van der Waals surface area contributed by atoms with E-state index >= 15 is 0 Å². The molecule has 30 heavy (non-hydrogen) atoms. The second kappa shape index (κ2) is 8.00. The highest BCUT2D eigenvalue weighted by Gasteiger charge is 2.10. The molecule has 1 N–H and O–H groups in total. The molecule has 6 heteroatoms. The highest BCUT2D eigenvalue weighted by molar-refractivity contribution is 9.10. The lowest BCUT2D eigenvalue weighted by molar-refractivity contribution is 1.16. The van der Waals surface area contributed by atoms with Crippen molar-refractivity contribution in [2.45, 2.75) is 0 Å². The lowest BCUT2D eigenvalue weighted by Gasteiger charge is -2.09. The van der Waals surface area contributed by atoms with Gasteiger partial charge in [-0.1, -0.05) is 64.5 Å². The number of nitrogens with zero attached hydrogens (tertiary/aromatic N) is 4. The number of aromatic nitrogens is 3. The van der Waals surface area contributed by atoms with Crippen molar-refractivity contribution in [3.8, 4) is 11.3 Å². The smallest absolute Gasteiger partial charge is 0.244 e. The van der Waals surface area contributed by atoms with E-state index in [1.165, 1.54) is 0 Å². The van der Waals surface area contributed by atoms with Gasteiger partial charge in [-0.25, -0.2) is 15.4 Å². The molecule has 0 fully saturated rings. The summed E-state index contributed by atoms with van der Waals surface area (Å²) in [5.74, 6) is 0.443. The second-order valence-electron chi connectivity index (χ2n) is 6.75. The summed E-state index contributed by atoms with van der Waals surface area (Å²) in [6.07, 6.45) is 3.53. The van der Waals surface area contributed by atoms with E-state index in [0.29, 0.717) is 5.95 Å². The Kier molecular flexibility index (Phi) is 4.91. The van der Waals surface area contributed by atoms with Crippen molar-refractivity contribution in [2.24, 2.45) is 5.10 Å². The normalized spacial score (nSPS) is 11.4. The molecule has 0 spiro atoms. The minimum atomic E-state index is 0.443. The number of hydrogen-bond donors (Lipinski definition) is 1. The van der Waals surface area contributed by atoms with Crippen LogP contribution in [0.2, 0.25) is 0 Å². The van der Waals surface area contributed by atoms with E-state index in [9.17, 15) is 0 Å². The van der Waals surface area contributed by atoms with Gasteiger partial charge in [-0.2, -0.15) is 5.10 Å². The van der Waals surface area contributed by atoms with Crippen LogP contribution in [0.15, 0.2) is 94.6 Å². The number of rotatable bonds is 4. The number of hydrogen-bond acceptors (Lipinski definition) is 5. The lowest BCUT2D eigenvalue weighted by Crippen LogP contribution is -2.00. The van der Waals surface area contributed by atoms with Crippen LogP contribution < -0.4 is 5.43 Å². The molecule has 0 aliphatic rings. The zero-order valence-corrected chi connectivity index (χ0v) is 17.4. The molecule has 0 aliphatic heterocycles.